The van der Waals surface area contributed by atoms with E-state index < -0.39 is 0 Å². The Bertz CT molecular complexity index is 436. The molecule has 0 saturated heterocycles. The van der Waals surface area contributed by atoms with Crippen molar-refractivity contribution in [3.05, 3.63) is 41.0 Å². The van der Waals surface area contributed by atoms with Crippen LogP contribution in [0.3, 0.4) is 0 Å². The van der Waals surface area contributed by atoms with Crippen LogP contribution in [0.15, 0.2) is 29.8 Å². The fourth-order valence-corrected chi connectivity index (χ4v) is 2.81. The van der Waals surface area contributed by atoms with Gasteiger partial charge in [0.25, 0.3) is 0 Å². The second-order valence-electron chi connectivity index (χ2n) is 4.90. The summed E-state index contributed by atoms with van der Waals surface area (Å²) in [4.78, 5) is 0. The molecule has 0 heterocycles. The predicted octanol–water partition coefficient (Wildman–Crippen LogP) is 2.80. The quantitative estimate of drug-likeness (QED) is 0.860. The van der Waals surface area contributed by atoms with Crippen LogP contribution in [0, 0.1) is 5.92 Å². The highest BCUT2D eigenvalue weighted by Crippen LogP contribution is 2.45. The lowest BCUT2D eigenvalue weighted by Gasteiger charge is -2.34. The number of ether oxygens (including phenoxy) is 1. The molecular formula is C15H21NO. The molecule has 0 aromatic heterocycles. The molecule has 0 amide bonds. The number of hydrogen-bond donors (Lipinski definition) is 1. The first-order valence-electron chi connectivity index (χ1n) is 6.17. The minimum Gasteiger partial charge on any atom is -0.368 e. The lowest BCUT2D eigenvalue weighted by Crippen LogP contribution is -2.40. The summed E-state index contributed by atoms with van der Waals surface area (Å²) < 4.78 is 5.91. The Morgan fingerprint density at radius 1 is 1.29 bits per heavy atom. The zero-order chi connectivity index (χ0) is 12.5. The second-order valence-corrected chi connectivity index (χ2v) is 4.90. The van der Waals surface area contributed by atoms with Crippen LogP contribution in [-0.4, -0.2) is 20.7 Å². The van der Waals surface area contributed by atoms with E-state index in [0.29, 0.717) is 5.92 Å². The largest absolute Gasteiger partial charge is 0.368 e. The zero-order valence-corrected chi connectivity index (χ0v) is 11.1. The van der Waals surface area contributed by atoms with Crippen LogP contribution in [0.4, 0.5) is 0 Å². The topological polar surface area (TPSA) is 21.3 Å². The molecule has 2 rings (SSSR count). The van der Waals surface area contributed by atoms with Gasteiger partial charge in [0.2, 0.25) is 0 Å². The van der Waals surface area contributed by atoms with E-state index in [-0.39, 0.29) is 5.60 Å². The Morgan fingerprint density at radius 3 is 2.59 bits per heavy atom. The standard InChI is InChI=1S/C15H21NO/c1-11(2)14-9-12-7-5-6-8-13(12)15(14,17-4)10-16-3/h5-9,11,16H,10H2,1-4H3. The molecule has 1 atom stereocenters. The molecule has 0 radical (unpaired) electrons. The number of fused-ring (bicyclic) bond motifs is 1. The molecule has 0 aliphatic heterocycles. The molecule has 1 aliphatic carbocycles. The van der Waals surface area contributed by atoms with E-state index in [2.05, 4.69) is 49.5 Å². The van der Waals surface area contributed by atoms with Crippen molar-refractivity contribution in [2.45, 2.75) is 19.4 Å². The van der Waals surface area contributed by atoms with Crippen LogP contribution >= 0.6 is 0 Å². The maximum atomic E-state index is 5.91. The molecule has 0 spiro atoms. The van der Waals surface area contributed by atoms with E-state index in [4.69, 9.17) is 4.74 Å². The molecule has 0 saturated carbocycles. The fourth-order valence-electron chi connectivity index (χ4n) is 2.81. The van der Waals surface area contributed by atoms with Crippen molar-refractivity contribution in [3.8, 4) is 0 Å². The van der Waals surface area contributed by atoms with Gasteiger partial charge < -0.3 is 10.1 Å². The minimum absolute atomic E-state index is 0.292. The average molecular weight is 231 g/mol. The predicted molar refractivity (Wildman–Crippen MR) is 71.9 cm³/mol. The summed E-state index contributed by atoms with van der Waals surface area (Å²) in [6, 6.07) is 8.49. The summed E-state index contributed by atoms with van der Waals surface area (Å²) in [6.45, 7) is 5.26. The number of methoxy groups -OCH3 is 1. The van der Waals surface area contributed by atoms with Crippen molar-refractivity contribution in [1.82, 2.24) is 5.32 Å². The smallest absolute Gasteiger partial charge is 0.127 e. The number of rotatable bonds is 4. The van der Waals surface area contributed by atoms with E-state index in [0.717, 1.165) is 6.54 Å². The third-order valence-corrected chi connectivity index (χ3v) is 3.57. The van der Waals surface area contributed by atoms with Gasteiger partial charge in [-0.05, 0) is 29.7 Å². The van der Waals surface area contributed by atoms with Gasteiger partial charge in [0.1, 0.15) is 5.60 Å². The van der Waals surface area contributed by atoms with E-state index in [1.807, 2.05) is 7.05 Å². The third kappa shape index (κ3) is 1.81. The Morgan fingerprint density at radius 2 is 2.00 bits per heavy atom. The van der Waals surface area contributed by atoms with Gasteiger partial charge in [-0.1, -0.05) is 44.2 Å². The number of hydrogen-bond acceptors (Lipinski definition) is 2. The molecule has 92 valence electrons. The van der Waals surface area contributed by atoms with Gasteiger partial charge in [0, 0.05) is 13.7 Å². The van der Waals surface area contributed by atoms with Crippen LogP contribution in [0.5, 0.6) is 0 Å². The van der Waals surface area contributed by atoms with Crippen LogP contribution in [0.2, 0.25) is 0 Å². The van der Waals surface area contributed by atoms with Crippen molar-refractivity contribution in [3.63, 3.8) is 0 Å². The minimum atomic E-state index is -0.292. The Balaban J connectivity index is 2.56. The molecule has 0 bridgehead atoms. The molecule has 1 unspecified atom stereocenters. The van der Waals surface area contributed by atoms with Gasteiger partial charge in [-0.15, -0.1) is 0 Å². The van der Waals surface area contributed by atoms with E-state index in [9.17, 15) is 0 Å². The van der Waals surface area contributed by atoms with E-state index in [1.165, 1.54) is 16.7 Å². The summed E-state index contributed by atoms with van der Waals surface area (Å²) in [5, 5.41) is 3.26. The highest BCUT2D eigenvalue weighted by Gasteiger charge is 2.42. The molecule has 1 aromatic carbocycles. The Hall–Kier alpha value is -1.12. The van der Waals surface area contributed by atoms with Gasteiger partial charge in [0.05, 0.1) is 0 Å². The first-order chi connectivity index (χ1) is 8.15. The summed E-state index contributed by atoms with van der Waals surface area (Å²) in [5.41, 5.74) is 3.63. The van der Waals surface area contributed by atoms with E-state index >= 15 is 0 Å². The van der Waals surface area contributed by atoms with Crippen LogP contribution in [0.25, 0.3) is 6.08 Å². The molecular weight excluding hydrogens is 210 g/mol. The molecule has 1 N–H and O–H groups in total. The van der Waals surface area contributed by atoms with Crippen molar-refractivity contribution < 1.29 is 4.74 Å². The highest BCUT2D eigenvalue weighted by atomic mass is 16.5. The summed E-state index contributed by atoms with van der Waals surface area (Å²) in [7, 11) is 3.77. The Kier molecular flexibility index (Phi) is 3.36. The maximum absolute atomic E-state index is 5.91. The molecule has 2 heteroatoms. The maximum Gasteiger partial charge on any atom is 0.127 e. The van der Waals surface area contributed by atoms with Crippen molar-refractivity contribution >= 4 is 6.08 Å². The molecule has 1 aliphatic rings. The number of benzene rings is 1. The summed E-state index contributed by atoms with van der Waals surface area (Å²) >= 11 is 0. The highest BCUT2D eigenvalue weighted by molar-refractivity contribution is 5.69. The Labute approximate surface area is 104 Å². The van der Waals surface area contributed by atoms with Gasteiger partial charge in [-0.2, -0.15) is 0 Å². The monoisotopic (exact) mass is 231 g/mol. The van der Waals surface area contributed by atoms with Gasteiger partial charge in [0.15, 0.2) is 0 Å². The first-order valence-corrected chi connectivity index (χ1v) is 6.17. The van der Waals surface area contributed by atoms with Crippen molar-refractivity contribution in [1.29, 1.82) is 0 Å². The van der Waals surface area contributed by atoms with Crippen LogP contribution in [0.1, 0.15) is 25.0 Å². The lowest BCUT2D eigenvalue weighted by atomic mass is 9.84. The fraction of sp³-hybridized carbons (Fsp3) is 0.467. The molecule has 0 fully saturated rings. The van der Waals surface area contributed by atoms with Gasteiger partial charge in [-0.25, -0.2) is 0 Å². The van der Waals surface area contributed by atoms with E-state index in [1.54, 1.807) is 7.11 Å². The first kappa shape index (κ1) is 12.3. The average Bonchev–Trinajstić information content (AvgIpc) is 2.66. The molecule has 2 nitrogen and oxygen atoms in total. The van der Waals surface area contributed by atoms with Crippen molar-refractivity contribution in [2.24, 2.45) is 5.92 Å². The van der Waals surface area contributed by atoms with Gasteiger partial charge >= 0.3 is 0 Å². The van der Waals surface area contributed by atoms with Crippen LogP contribution < -0.4 is 5.32 Å². The second kappa shape index (κ2) is 4.63. The number of likely N-dealkylation sites (N-methyl/N-ethyl adjacent to an activating group) is 1. The summed E-state index contributed by atoms with van der Waals surface area (Å²) in [6.07, 6.45) is 2.28. The number of nitrogens with one attached hydrogen (secondary N) is 1. The third-order valence-electron chi connectivity index (χ3n) is 3.57. The van der Waals surface area contributed by atoms with Gasteiger partial charge in [-0.3, -0.25) is 0 Å². The normalized spacial score (nSPS) is 22.8. The summed E-state index contributed by atoms with van der Waals surface area (Å²) in [5.74, 6) is 0.482. The van der Waals surface area contributed by atoms with Crippen LogP contribution in [-0.2, 0) is 10.3 Å². The SMILES string of the molecule is CNCC1(OC)C(C(C)C)=Cc2ccccc21. The molecule has 17 heavy (non-hydrogen) atoms. The molecule has 1 aromatic rings. The zero-order valence-electron chi connectivity index (χ0n) is 11.1. The lowest BCUT2D eigenvalue weighted by molar-refractivity contribution is 0.0169. The van der Waals surface area contributed by atoms with Crippen molar-refractivity contribution in [2.75, 3.05) is 20.7 Å².